The maximum atomic E-state index is 13.5. The van der Waals surface area contributed by atoms with E-state index in [4.69, 9.17) is 0 Å². The molecule has 13 heteroatoms. The largest absolute Gasteiger partial charge is 0.355 e. The lowest BCUT2D eigenvalue weighted by Gasteiger charge is -2.32. The number of nitrogens with one attached hydrogen (secondary N) is 2. The van der Waals surface area contributed by atoms with Crippen molar-refractivity contribution in [2.24, 2.45) is 5.92 Å². The first kappa shape index (κ1) is 27.1. The van der Waals surface area contributed by atoms with Crippen molar-refractivity contribution in [3.8, 4) is 0 Å². The van der Waals surface area contributed by atoms with Crippen LogP contribution in [-0.4, -0.2) is 63.4 Å². The molecule has 2 atom stereocenters. The lowest BCUT2D eigenvalue weighted by atomic mass is 9.94. The molecule has 198 valence electrons. The van der Waals surface area contributed by atoms with Gasteiger partial charge in [-0.3, -0.25) is 9.69 Å². The van der Waals surface area contributed by atoms with Crippen LogP contribution >= 0.6 is 23.7 Å². The molecule has 4 heterocycles. The predicted molar refractivity (Wildman–Crippen MR) is 141 cm³/mol. The van der Waals surface area contributed by atoms with E-state index in [1.54, 1.807) is 6.20 Å². The topological polar surface area (TPSA) is 99.2 Å². The van der Waals surface area contributed by atoms with Gasteiger partial charge in [-0.05, 0) is 61.6 Å². The van der Waals surface area contributed by atoms with Gasteiger partial charge >= 0.3 is 0 Å². The molecule has 2 saturated heterocycles. The Kier molecular flexibility index (Phi) is 9.17. The number of rotatable bonds is 8. The Morgan fingerprint density at radius 2 is 1.86 bits per heavy atom. The van der Waals surface area contributed by atoms with Crippen LogP contribution in [0.3, 0.4) is 0 Å². The molecular formula is C24H29ClF2N8OS. The van der Waals surface area contributed by atoms with Crippen LogP contribution in [0, 0.1) is 17.6 Å². The summed E-state index contributed by atoms with van der Waals surface area (Å²) >= 11 is 1.32. The van der Waals surface area contributed by atoms with Crippen molar-refractivity contribution in [2.75, 3.05) is 41.7 Å². The number of piperidine rings is 1. The van der Waals surface area contributed by atoms with Gasteiger partial charge < -0.3 is 15.5 Å². The van der Waals surface area contributed by atoms with Gasteiger partial charge in [0.2, 0.25) is 16.2 Å². The molecular weight excluding hydrogens is 522 g/mol. The molecule has 5 rings (SSSR count). The highest BCUT2D eigenvalue weighted by molar-refractivity contribution is 7.19. The summed E-state index contributed by atoms with van der Waals surface area (Å²) in [4.78, 5) is 17.0. The van der Waals surface area contributed by atoms with Gasteiger partial charge in [-0.15, -0.1) is 27.7 Å². The Balaban J connectivity index is 0.00000320. The molecule has 0 saturated carbocycles. The van der Waals surface area contributed by atoms with Crippen molar-refractivity contribution >= 4 is 45.7 Å². The normalized spacial score (nSPS) is 19.9. The van der Waals surface area contributed by atoms with Crippen molar-refractivity contribution in [1.29, 1.82) is 0 Å². The van der Waals surface area contributed by atoms with Gasteiger partial charge in [0.25, 0.3) is 0 Å². The second-order valence-electron chi connectivity index (χ2n) is 9.34. The summed E-state index contributed by atoms with van der Waals surface area (Å²) in [5, 5.41) is 23.8. The molecule has 9 nitrogen and oxygen atoms in total. The van der Waals surface area contributed by atoms with Crippen LogP contribution in [0.15, 0.2) is 36.5 Å². The molecule has 0 radical (unpaired) electrons. The molecule has 0 bridgehead atoms. The van der Waals surface area contributed by atoms with Crippen molar-refractivity contribution < 1.29 is 13.6 Å². The fraction of sp³-hybridized carbons (Fsp3) is 0.458. The molecule has 1 amide bonds. The first-order valence-corrected chi connectivity index (χ1v) is 12.9. The molecule has 0 unspecified atom stereocenters. The summed E-state index contributed by atoms with van der Waals surface area (Å²) in [6.07, 6.45) is 4.85. The van der Waals surface area contributed by atoms with E-state index < -0.39 is 11.6 Å². The SMILES string of the molecule is Cl.O=C(C[C@@H]1CCCN(Cc2cc(F)cc(F)c2)C1)Nc1nnc(N[C@@H]2CCN(c3cccnn3)C2)s1. The highest BCUT2D eigenvalue weighted by Crippen LogP contribution is 2.26. The Hall–Kier alpha value is -2.96. The molecule has 0 aliphatic carbocycles. The number of hydrogen-bond donors (Lipinski definition) is 2. The lowest BCUT2D eigenvalue weighted by Crippen LogP contribution is -2.36. The molecule has 2 fully saturated rings. The molecule has 2 aliphatic heterocycles. The van der Waals surface area contributed by atoms with Crippen LogP contribution in [0.2, 0.25) is 0 Å². The van der Waals surface area contributed by atoms with Crippen LogP contribution in [0.25, 0.3) is 0 Å². The van der Waals surface area contributed by atoms with Crippen LogP contribution in [0.5, 0.6) is 0 Å². The minimum absolute atomic E-state index is 0. The third kappa shape index (κ3) is 7.53. The number of carbonyl (C=O) groups excluding carboxylic acids is 1. The molecule has 1 aromatic carbocycles. The number of nitrogens with zero attached hydrogens (tertiary/aromatic N) is 6. The number of carbonyl (C=O) groups is 1. The minimum Gasteiger partial charge on any atom is -0.355 e. The Morgan fingerprint density at radius 1 is 1.05 bits per heavy atom. The average molecular weight is 551 g/mol. The van der Waals surface area contributed by atoms with Gasteiger partial charge in [0.15, 0.2) is 5.82 Å². The third-order valence-electron chi connectivity index (χ3n) is 6.48. The number of aromatic nitrogens is 4. The van der Waals surface area contributed by atoms with E-state index in [0.29, 0.717) is 35.3 Å². The number of amides is 1. The average Bonchev–Trinajstić information content (AvgIpc) is 3.49. The van der Waals surface area contributed by atoms with E-state index in [1.807, 2.05) is 12.1 Å². The predicted octanol–water partition coefficient (Wildman–Crippen LogP) is 3.96. The van der Waals surface area contributed by atoms with Gasteiger partial charge in [0.1, 0.15) is 11.6 Å². The standard InChI is InChI=1S/C24H28F2N8OS.ClH/c25-18-9-17(10-19(26)12-18)14-33-7-2-3-16(13-33)11-22(35)29-24-32-31-23(36-24)28-20-5-8-34(15-20)21-4-1-6-27-30-21;/h1,4,6,9-10,12,16,20H,2-3,5,7-8,11,13-15H2,(H,28,31)(H,29,32,35);1H/t16-,20+;/m0./s1. The van der Waals surface area contributed by atoms with Crippen LogP contribution < -0.4 is 15.5 Å². The fourth-order valence-electron chi connectivity index (χ4n) is 4.91. The summed E-state index contributed by atoms with van der Waals surface area (Å²) in [6.45, 7) is 3.69. The monoisotopic (exact) mass is 550 g/mol. The Morgan fingerprint density at radius 3 is 2.65 bits per heavy atom. The van der Waals surface area contributed by atoms with E-state index >= 15 is 0 Å². The van der Waals surface area contributed by atoms with Gasteiger partial charge in [-0.1, -0.05) is 11.3 Å². The van der Waals surface area contributed by atoms with Crippen molar-refractivity contribution in [2.45, 2.75) is 38.3 Å². The zero-order valence-electron chi connectivity index (χ0n) is 20.1. The molecule has 2 aliphatic rings. The number of likely N-dealkylation sites (tertiary alicyclic amines) is 1. The van der Waals surface area contributed by atoms with E-state index in [2.05, 4.69) is 40.8 Å². The maximum Gasteiger partial charge on any atom is 0.226 e. The van der Waals surface area contributed by atoms with Crippen LogP contribution in [-0.2, 0) is 11.3 Å². The highest BCUT2D eigenvalue weighted by atomic mass is 35.5. The summed E-state index contributed by atoms with van der Waals surface area (Å²) in [6, 6.07) is 7.63. The van der Waals surface area contributed by atoms with Gasteiger partial charge in [-0.2, -0.15) is 5.10 Å². The van der Waals surface area contributed by atoms with Crippen LogP contribution in [0.4, 0.5) is 24.9 Å². The molecule has 3 aromatic rings. The zero-order valence-corrected chi connectivity index (χ0v) is 21.8. The minimum atomic E-state index is -0.570. The quantitative estimate of drug-likeness (QED) is 0.435. The number of halogens is 3. The Bertz CT molecular complexity index is 1170. The molecule has 2 aromatic heterocycles. The van der Waals surface area contributed by atoms with Crippen molar-refractivity contribution in [1.82, 2.24) is 25.3 Å². The first-order valence-electron chi connectivity index (χ1n) is 12.1. The first-order chi connectivity index (χ1) is 17.5. The molecule has 0 spiro atoms. The second-order valence-corrected chi connectivity index (χ2v) is 10.3. The van der Waals surface area contributed by atoms with Crippen LogP contribution in [0.1, 0.15) is 31.2 Å². The van der Waals surface area contributed by atoms with E-state index in [1.165, 1.54) is 23.5 Å². The summed E-state index contributed by atoms with van der Waals surface area (Å²) in [5.74, 6) is -0.208. The summed E-state index contributed by atoms with van der Waals surface area (Å²) in [5.41, 5.74) is 0.605. The fourth-order valence-corrected chi connectivity index (χ4v) is 5.65. The highest BCUT2D eigenvalue weighted by Gasteiger charge is 2.25. The van der Waals surface area contributed by atoms with Gasteiger partial charge in [0, 0.05) is 50.9 Å². The molecule has 2 N–H and O–H groups in total. The van der Waals surface area contributed by atoms with Crippen molar-refractivity contribution in [3.63, 3.8) is 0 Å². The van der Waals surface area contributed by atoms with E-state index in [9.17, 15) is 13.6 Å². The number of anilines is 3. The number of hydrogen-bond acceptors (Lipinski definition) is 9. The van der Waals surface area contributed by atoms with E-state index in [-0.39, 0.29) is 30.3 Å². The van der Waals surface area contributed by atoms with Gasteiger partial charge in [-0.25, -0.2) is 8.78 Å². The molecule has 37 heavy (non-hydrogen) atoms. The third-order valence-corrected chi connectivity index (χ3v) is 7.25. The zero-order chi connectivity index (χ0) is 24.9. The lowest BCUT2D eigenvalue weighted by molar-refractivity contribution is -0.117. The second kappa shape index (κ2) is 12.5. The summed E-state index contributed by atoms with van der Waals surface area (Å²) in [7, 11) is 0. The summed E-state index contributed by atoms with van der Waals surface area (Å²) < 4.78 is 27.0. The number of benzene rings is 1. The Labute approximate surface area is 224 Å². The van der Waals surface area contributed by atoms with Crippen molar-refractivity contribution in [3.05, 3.63) is 53.7 Å². The van der Waals surface area contributed by atoms with Gasteiger partial charge in [0.05, 0.1) is 0 Å². The van der Waals surface area contributed by atoms with E-state index in [0.717, 1.165) is 50.8 Å². The smallest absolute Gasteiger partial charge is 0.226 e. The maximum absolute atomic E-state index is 13.5.